The van der Waals surface area contributed by atoms with Crippen LogP contribution in [0.15, 0.2) is 24.3 Å². The van der Waals surface area contributed by atoms with Crippen LogP contribution in [0.3, 0.4) is 0 Å². The van der Waals surface area contributed by atoms with Gasteiger partial charge in [-0.3, -0.25) is 0 Å². The highest BCUT2D eigenvalue weighted by Crippen LogP contribution is 2.40. The van der Waals surface area contributed by atoms with E-state index in [1.54, 1.807) is 0 Å². The van der Waals surface area contributed by atoms with Gasteiger partial charge in [0.2, 0.25) is 0 Å². The predicted molar refractivity (Wildman–Crippen MR) is 105 cm³/mol. The Balaban J connectivity index is 1.90. The topological polar surface area (TPSA) is 39.9 Å². The Hall–Kier alpha value is -2.36. The molecule has 0 spiro atoms. The van der Waals surface area contributed by atoms with E-state index in [-0.39, 0.29) is 0 Å². The normalized spacial score (nSPS) is 15.1. The van der Waals surface area contributed by atoms with E-state index in [4.69, 9.17) is 4.74 Å². The third-order valence-corrected chi connectivity index (χ3v) is 5.72. The lowest BCUT2D eigenvalue weighted by Crippen LogP contribution is -2.02. The number of benzene rings is 1. The molecule has 0 aliphatic heterocycles. The molecular weight excluding hydrogens is 322 g/mol. The van der Waals surface area contributed by atoms with Crippen LogP contribution < -0.4 is 4.74 Å². The second kappa shape index (κ2) is 6.75. The molecule has 4 nitrogen and oxygen atoms in total. The van der Waals surface area contributed by atoms with Gasteiger partial charge in [0, 0.05) is 33.8 Å². The summed E-state index contributed by atoms with van der Waals surface area (Å²) in [7, 11) is 0. The van der Waals surface area contributed by atoms with E-state index in [1.165, 1.54) is 53.5 Å². The number of hydrogen-bond acceptors (Lipinski definition) is 3. The van der Waals surface area contributed by atoms with Crippen molar-refractivity contribution in [1.29, 1.82) is 0 Å². The first kappa shape index (κ1) is 17.1. The van der Waals surface area contributed by atoms with Crippen molar-refractivity contribution < 1.29 is 4.74 Å². The zero-order valence-corrected chi connectivity index (χ0v) is 16.2. The maximum atomic E-state index is 5.59. The molecule has 4 heteroatoms. The quantitative estimate of drug-likeness (QED) is 0.633. The van der Waals surface area contributed by atoms with Crippen LogP contribution in [0.5, 0.6) is 5.75 Å². The summed E-state index contributed by atoms with van der Waals surface area (Å²) in [5.74, 6) is 1.47. The third kappa shape index (κ3) is 2.68. The summed E-state index contributed by atoms with van der Waals surface area (Å²) < 4.78 is 7.94. The van der Waals surface area contributed by atoms with Crippen LogP contribution in [0.25, 0.3) is 16.5 Å². The Morgan fingerprint density at radius 2 is 1.62 bits per heavy atom. The van der Waals surface area contributed by atoms with E-state index in [1.807, 2.05) is 19.1 Å². The standard InChI is InChI=1S/C22H27N3O/c1-5-26-19-12-10-18(11-13-19)25-15(3)20-14(2)23-24-22(21(20)16(25)4)17-8-6-7-9-17/h10-13,17H,5-9H2,1-4H3. The summed E-state index contributed by atoms with van der Waals surface area (Å²) in [6.45, 7) is 9.17. The molecule has 0 radical (unpaired) electrons. The minimum atomic E-state index is 0.555. The summed E-state index contributed by atoms with van der Waals surface area (Å²) in [5.41, 5.74) is 5.90. The Bertz CT molecular complexity index is 934. The first-order valence-corrected chi connectivity index (χ1v) is 9.69. The second-order valence-electron chi connectivity index (χ2n) is 7.34. The van der Waals surface area contributed by atoms with Gasteiger partial charge >= 0.3 is 0 Å². The van der Waals surface area contributed by atoms with Crippen molar-refractivity contribution in [2.75, 3.05) is 6.61 Å². The molecule has 1 aliphatic rings. The maximum absolute atomic E-state index is 5.59. The number of fused-ring (bicyclic) bond motifs is 1. The highest BCUT2D eigenvalue weighted by molar-refractivity contribution is 5.93. The van der Waals surface area contributed by atoms with Crippen LogP contribution in [0, 0.1) is 20.8 Å². The highest BCUT2D eigenvalue weighted by atomic mass is 16.5. The first-order valence-electron chi connectivity index (χ1n) is 9.69. The SMILES string of the molecule is CCOc1ccc(-n2c(C)c3c(C)nnc(C4CCCC4)c3c2C)cc1. The molecule has 136 valence electrons. The van der Waals surface area contributed by atoms with Crippen molar-refractivity contribution in [2.24, 2.45) is 0 Å². The van der Waals surface area contributed by atoms with Gasteiger partial charge in [-0.2, -0.15) is 10.2 Å². The highest BCUT2D eigenvalue weighted by Gasteiger charge is 2.26. The van der Waals surface area contributed by atoms with Crippen LogP contribution in [-0.4, -0.2) is 21.4 Å². The summed E-state index contributed by atoms with van der Waals surface area (Å²) in [5, 5.41) is 11.8. The lowest BCUT2D eigenvalue weighted by Gasteiger charge is -2.12. The lowest BCUT2D eigenvalue weighted by molar-refractivity contribution is 0.340. The second-order valence-corrected chi connectivity index (χ2v) is 7.34. The smallest absolute Gasteiger partial charge is 0.119 e. The van der Waals surface area contributed by atoms with Crippen molar-refractivity contribution in [1.82, 2.24) is 14.8 Å². The zero-order chi connectivity index (χ0) is 18.3. The van der Waals surface area contributed by atoms with Gasteiger partial charge in [-0.25, -0.2) is 0 Å². The molecule has 0 unspecified atom stereocenters. The Morgan fingerprint density at radius 3 is 2.27 bits per heavy atom. The Kier molecular flexibility index (Phi) is 4.43. The van der Waals surface area contributed by atoms with E-state index in [0.29, 0.717) is 12.5 Å². The van der Waals surface area contributed by atoms with E-state index in [9.17, 15) is 0 Å². The predicted octanol–water partition coefficient (Wildman–Crippen LogP) is 5.40. The van der Waals surface area contributed by atoms with E-state index in [2.05, 4.69) is 47.7 Å². The first-order chi connectivity index (χ1) is 12.6. The molecule has 1 saturated carbocycles. The van der Waals surface area contributed by atoms with Gasteiger partial charge in [0.15, 0.2) is 0 Å². The van der Waals surface area contributed by atoms with Crippen molar-refractivity contribution in [3.63, 3.8) is 0 Å². The van der Waals surface area contributed by atoms with Crippen molar-refractivity contribution >= 4 is 10.8 Å². The molecular formula is C22H27N3O. The van der Waals surface area contributed by atoms with Gasteiger partial charge in [0.05, 0.1) is 18.0 Å². The monoisotopic (exact) mass is 349 g/mol. The number of rotatable bonds is 4. The summed E-state index contributed by atoms with van der Waals surface area (Å²) in [6, 6.07) is 8.36. The molecule has 3 aromatic rings. The van der Waals surface area contributed by atoms with Crippen molar-refractivity contribution in [2.45, 2.75) is 59.3 Å². The molecule has 2 heterocycles. The number of nitrogens with zero attached hydrogens (tertiary/aromatic N) is 3. The number of ether oxygens (including phenoxy) is 1. The lowest BCUT2D eigenvalue weighted by atomic mass is 9.98. The van der Waals surface area contributed by atoms with Gasteiger partial charge in [0.25, 0.3) is 0 Å². The molecule has 0 amide bonds. The molecule has 0 atom stereocenters. The maximum Gasteiger partial charge on any atom is 0.119 e. The fourth-order valence-corrected chi connectivity index (χ4v) is 4.55. The molecule has 1 aliphatic carbocycles. The van der Waals surface area contributed by atoms with Gasteiger partial charge in [0.1, 0.15) is 5.75 Å². The van der Waals surface area contributed by atoms with Crippen LogP contribution in [0.1, 0.15) is 61.3 Å². The van der Waals surface area contributed by atoms with E-state index < -0.39 is 0 Å². The molecule has 1 fully saturated rings. The van der Waals surface area contributed by atoms with Crippen LogP contribution in [0.4, 0.5) is 0 Å². The molecule has 0 saturated heterocycles. The Labute approximate surface area is 155 Å². The number of hydrogen-bond donors (Lipinski definition) is 0. The molecule has 26 heavy (non-hydrogen) atoms. The van der Waals surface area contributed by atoms with E-state index in [0.717, 1.165) is 17.1 Å². The zero-order valence-electron chi connectivity index (χ0n) is 16.2. The molecule has 0 N–H and O–H groups in total. The van der Waals surface area contributed by atoms with Gasteiger partial charge in [-0.1, -0.05) is 12.8 Å². The van der Waals surface area contributed by atoms with E-state index >= 15 is 0 Å². The van der Waals surface area contributed by atoms with Crippen molar-refractivity contribution in [3.8, 4) is 11.4 Å². The van der Waals surface area contributed by atoms with Crippen LogP contribution in [0.2, 0.25) is 0 Å². The molecule has 0 bridgehead atoms. The van der Waals surface area contributed by atoms with Crippen LogP contribution in [-0.2, 0) is 0 Å². The summed E-state index contributed by atoms with van der Waals surface area (Å²) in [6.07, 6.45) is 5.08. The Morgan fingerprint density at radius 1 is 0.962 bits per heavy atom. The summed E-state index contributed by atoms with van der Waals surface area (Å²) >= 11 is 0. The molecule has 2 aromatic heterocycles. The van der Waals surface area contributed by atoms with Gasteiger partial charge in [-0.15, -0.1) is 0 Å². The molecule has 4 rings (SSSR count). The van der Waals surface area contributed by atoms with Gasteiger partial charge < -0.3 is 9.30 Å². The van der Waals surface area contributed by atoms with Crippen LogP contribution >= 0.6 is 0 Å². The fourth-order valence-electron chi connectivity index (χ4n) is 4.55. The minimum Gasteiger partial charge on any atom is -0.494 e. The molecule has 1 aromatic carbocycles. The van der Waals surface area contributed by atoms with Gasteiger partial charge in [-0.05, 0) is 64.8 Å². The third-order valence-electron chi connectivity index (χ3n) is 5.72. The number of aromatic nitrogens is 3. The van der Waals surface area contributed by atoms with Crippen molar-refractivity contribution in [3.05, 3.63) is 47.0 Å². The number of aryl methyl sites for hydroxylation is 3. The fraction of sp³-hybridized carbons (Fsp3) is 0.455. The average Bonchev–Trinajstić information content (AvgIpc) is 3.25. The largest absolute Gasteiger partial charge is 0.494 e. The summed E-state index contributed by atoms with van der Waals surface area (Å²) in [4.78, 5) is 0. The average molecular weight is 349 g/mol. The minimum absolute atomic E-state index is 0.555.